The number of hydrogen-bond acceptors (Lipinski definition) is 5. The minimum absolute atomic E-state index is 0.0953. The summed E-state index contributed by atoms with van der Waals surface area (Å²) >= 11 is 6.20. The third kappa shape index (κ3) is 3.38. The van der Waals surface area contributed by atoms with E-state index in [9.17, 15) is 13.2 Å². The van der Waals surface area contributed by atoms with Crippen molar-refractivity contribution in [2.45, 2.75) is 30.4 Å². The number of rotatable bonds is 3. The molecule has 138 valence electrons. The van der Waals surface area contributed by atoms with Crippen LogP contribution in [0.1, 0.15) is 52.2 Å². The maximum atomic E-state index is 12.7. The Labute approximate surface area is 157 Å². The number of aromatic nitrogens is 1. The number of hydrogen-bond donors (Lipinski definition) is 0. The topological polar surface area (TPSA) is 80.5 Å². The summed E-state index contributed by atoms with van der Waals surface area (Å²) in [5.41, 5.74) is 0.849. The van der Waals surface area contributed by atoms with Crippen LogP contribution in [0.25, 0.3) is 0 Å². The Balaban J connectivity index is 1.54. The summed E-state index contributed by atoms with van der Waals surface area (Å²) in [6, 6.07) is 8.66. The van der Waals surface area contributed by atoms with E-state index in [1.54, 1.807) is 35.2 Å². The van der Waals surface area contributed by atoms with Crippen LogP contribution >= 0.6 is 11.6 Å². The van der Waals surface area contributed by atoms with Gasteiger partial charge in [0.2, 0.25) is 0 Å². The molecule has 0 radical (unpaired) electrons. The molecule has 1 saturated carbocycles. The van der Waals surface area contributed by atoms with Gasteiger partial charge in [-0.05, 0) is 30.9 Å². The maximum Gasteiger partial charge on any atom is 0.276 e. The van der Waals surface area contributed by atoms with E-state index in [0.717, 1.165) is 18.6 Å². The Hall–Kier alpha value is -1.86. The van der Waals surface area contributed by atoms with E-state index in [-0.39, 0.29) is 23.9 Å². The quantitative estimate of drug-likeness (QED) is 0.798. The molecule has 1 aromatic carbocycles. The molecule has 2 fully saturated rings. The molecule has 1 amide bonds. The lowest BCUT2D eigenvalue weighted by molar-refractivity contribution is 0.0756. The van der Waals surface area contributed by atoms with Gasteiger partial charge in [0, 0.05) is 30.1 Å². The molecule has 2 aromatic rings. The van der Waals surface area contributed by atoms with Crippen LogP contribution in [0.15, 0.2) is 34.9 Å². The largest absolute Gasteiger partial charge is 0.360 e. The third-order valence-corrected chi connectivity index (χ3v) is 7.46. The lowest BCUT2D eigenvalue weighted by atomic mass is 10.1. The molecular weight excluding hydrogens is 376 g/mol. The molecule has 1 atom stereocenters. The Bertz CT molecular complexity index is 936. The fourth-order valence-electron chi connectivity index (χ4n) is 3.34. The van der Waals surface area contributed by atoms with Crippen LogP contribution in [0.5, 0.6) is 0 Å². The van der Waals surface area contributed by atoms with Gasteiger partial charge in [0.15, 0.2) is 15.5 Å². The van der Waals surface area contributed by atoms with Gasteiger partial charge in [0.05, 0.1) is 11.0 Å². The van der Waals surface area contributed by atoms with Crippen LogP contribution in [0, 0.1) is 0 Å². The highest BCUT2D eigenvalue weighted by Crippen LogP contribution is 2.40. The van der Waals surface area contributed by atoms with E-state index in [1.165, 1.54) is 0 Å². The molecule has 1 saturated heterocycles. The number of nitrogens with zero attached hydrogens (tertiary/aromatic N) is 2. The van der Waals surface area contributed by atoms with Crippen molar-refractivity contribution >= 4 is 27.3 Å². The van der Waals surface area contributed by atoms with Crippen molar-refractivity contribution in [3.8, 4) is 0 Å². The summed E-state index contributed by atoms with van der Waals surface area (Å²) in [6.45, 7) is 0.479. The number of benzene rings is 1. The standard InChI is InChI=1S/C18H19ClN2O4S/c19-14-4-2-1-3-13(14)17-7-8-21(9-10-26(17,23)24)18(22)15-11-16(25-20-15)12-5-6-12/h1-4,11-12,17H,5-10H2/t17-/m1/s1. The summed E-state index contributed by atoms with van der Waals surface area (Å²) in [7, 11) is -3.40. The van der Waals surface area contributed by atoms with Gasteiger partial charge in [-0.3, -0.25) is 4.79 Å². The highest BCUT2D eigenvalue weighted by atomic mass is 35.5. The summed E-state index contributed by atoms with van der Waals surface area (Å²) in [5, 5.41) is 3.61. The average molecular weight is 395 g/mol. The fraction of sp³-hybridized carbons (Fsp3) is 0.444. The van der Waals surface area contributed by atoms with Crippen LogP contribution in [0.3, 0.4) is 0 Å². The molecule has 6 nitrogen and oxygen atoms in total. The first kappa shape index (κ1) is 17.5. The number of halogens is 1. The van der Waals surface area contributed by atoms with E-state index < -0.39 is 15.1 Å². The van der Waals surface area contributed by atoms with Gasteiger partial charge in [-0.15, -0.1) is 0 Å². The van der Waals surface area contributed by atoms with E-state index in [1.807, 2.05) is 0 Å². The van der Waals surface area contributed by atoms with Gasteiger partial charge in [0.25, 0.3) is 5.91 Å². The average Bonchev–Trinajstić information content (AvgIpc) is 3.37. The Morgan fingerprint density at radius 3 is 2.69 bits per heavy atom. The van der Waals surface area contributed by atoms with Gasteiger partial charge in [-0.25, -0.2) is 8.42 Å². The predicted octanol–water partition coefficient (Wildman–Crippen LogP) is 3.21. The zero-order valence-electron chi connectivity index (χ0n) is 14.1. The van der Waals surface area contributed by atoms with Crippen molar-refractivity contribution in [3.05, 3.63) is 52.4 Å². The normalized spacial score (nSPS) is 22.8. The van der Waals surface area contributed by atoms with Crippen molar-refractivity contribution < 1.29 is 17.7 Å². The van der Waals surface area contributed by atoms with Crippen LogP contribution in [-0.2, 0) is 9.84 Å². The van der Waals surface area contributed by atoms with Crippen molar-refractivity contribution in [3.63, 3.8) is 0 Å². The van der Waals surface area contributed by atoms with Gasteiger partial charge in [-0.2, -0.15) is 0 Å². The third-order valence-electron chi connectivity index (χ3n) is 5.01. The van der Waals surface area contributed by atoms with Gasteiger partial charge in [-0.1, -0.05) is 35.0 Å². The van der Waals surface area contributed by atoms with Gasteiger partial charge >= 0.3 is 0 Å². The second kappa shape index (κ2) is 6.70. The smallest absolute Gasteiger partial charge is 0.276 e. The summed E-state index contributed by atoms with van der Waals surface area (Å²) in [4.78, 5) is 14.3. The first-order valence-corrected chi connectivity index (χ1v) is 10.8. The maximum absolute atomic E-state index is 12.7. The van der Waals surface area contributed by atoms with Crippen LogP contribution in [0.2, 0.25) is 5.02 Å². The summed E-state index contributed by atoms with van der Waals surface area (Å²) in [5.74, 6) is 0.737. The van der Waals surface area contributed by atoms with Crippen molar-refractivity contribution in [2.24, 2.45) is 0 Å². The lowest BCUT2D eigenvalue weighted by Gasteiger charge is -2.18. The molecule has 2 heterocycles. The number of sulfone groups is 1. The fourth-order valence-corrected chi connectivity index (χ4v) is 5.49. The van der Waals surface area contributed by atoms with E-state index >= 15 is 0 Å². The molecular formula is C18H19ClN2O4S. The molecule has 0 bridgehead atoms. The minimum atomic E-state index is -3.40. The molecule has 1 aliphatic heterocycles. The molecule has 0 unspecified atom stereocenters. The Kier molecular flexibility index (Phi) is 4.52. The first-order valence-electron chi connectivity index (χ1n) is 8.67. The molecule has 0 spiro atoms. The second-order valence-electron chi connectivity index (χ2n) is 6.85. The molecule has 0 N–H and O–H groups in total. The minimum Gasteiger partial charge on any atom is -0.360 e. The van der Waals surface area contributed by atoms with Crippen molar-refractivity contribution in [1.29, 1.82) is 0 Å². The van der Waals surface area contributed by atoms with Gasteiger partial charge in [0.1, 0.15) is 5.76 Å². The molecule has 1 aromatic heterocycles. The van der Waals surface area contributed by atoms with E-state index in [0.29, 0.717) is 29.5 Å². The second-order valence-corrected chi connectivity index (χ2v) is 9.56. The highest BCUT2D eigenvalue weighted by molar-refractivity contribution is 7.91. The zero-order chi connectivity index (χ0) is 18.3. The van der Waals surface area contributed by atoms with E-state index in [2.05, 4.69) is 5.16 Å². The highest BCUT2D eigenvalue weighted by Gasteiger charge is 2.35. The van der Waals surface area contributed by atoms with E-state index in [4.69, 9.17) is 16.1 Å². The molecule has 4 rings (SSSR count). The molecule has 1 aliphatic carbocycles. The van der Waals surface area contributed by atoms with Gasteiger partial charge < -0.3 is 9.42 Å². The number of carbonyl (C=O) groups is 1. The van der Waals surface area contributed by atoms with Crippen molar-refractivity contribution in [1.82, 2.24) is 10.1 Å². The number of amides is 1. The summed E-state index contributed by atoms with van der Waals surface area (Å²) < 4.78 is 30.7. The van der Waals surface area contributed by atoms with Crippen LogP contribution < -0.4 is 0 Å². The zero-order valence-corrected chi connectivity index (χ0v) is 15.7. The summed E-state index contributed by atoms with van der Waals surface area (Å²) in [6.07, 6.45) is 2.43. The van der Waals surface area contributed by atoms with Crippen LogP contribution in [0.4, 0.5) is 0 Å². The Morgan fingerprint density at radius 1 is 1.19 bits per heavy atom. The molecule has 8 heteroatoms. The Morgan fingerprint density at radius 2 is 1.96 bits per heavy atom. The number of carbonyl (C=O) groups excluding carboxylic acids is 1. The first-order chi connectivity index (χ1) is 12.5. The SMILES string of the molecule is O=C(c1cc(C2CC2)on1)N1CC[C@H](c2ccccc2Cl)S(=O)(=O)CC1. The monoisotopic (exact) mass is 394 g/mol. The van der Waals surface area contributed by atoms with Crippen molar-refractivity contribution in [2.75, 3.05) is 18.8 Å². The lowest BCUT2D eigenvalue weighted by Crippen LogP contribution is -2.33. The van der Waals surface area contributed by atoms with Crippen LogP contribution in [-0.4, -0.2) is 43.2 Å². The molecule has 2 aliphatic rings. The predicted molar refractivity (Wildman–Crippen MR) is 97.0 cm³/mol. The molecule has 26 heavy (non-hydrogen) atoms.